The van der Waals surface area contributed by atoms with Crippen LogP contribution >= 0.6 is 11.3 Å². The van der Waals surface area contributed by atoms with E-state index >= 15 is 0 Å². The predicted molar refractivity (Wildman–Crippen MR) is 65.5 cm³/mol. The van der Waals surface area contributed by atoms with Crippen LogP contribution in [0.4, 0.5) is 10.1 Å². The fourth-order valence-electron chi connectivity index (χ4n) is 2.09. The lowest BCUT2D eigenvalue weighted by molar-refractivity contribution is -0.380. The van der Waals surface area contributed by atoms with Crippen LogP contribution in [-0.2, 0) is 0 Å². The minimum absolute atomic E-state index is 0.0447. The van der Waals surface area contributed by atoms with E-state index < -0.39 is 4.92 Å². The molecule has 1 unspecified atom stereocenters. The summed E-state index contributed by atoms with van der Waals surface area (Å²) in [6.07, 6.45) is 5.49. The van der Waals surface area contributed by atoms with E-state index in [1.165, 1.54) is 6.20 Å². The van der Waals surface area contributed by atoms with Crippen molar-refractivity contribution in [3.05, 3.63) is 16.3 Å². The molecule has 0 aliphatic carbocycles. The van der Waals surface area contributed by atoms with Gasteiger partial charge in [-0.15, -0.1) is 0 Å². The standard InChI is InChI=1S/C10H15N3O3S/c14-7-8-4-2-1-3-5-12(8)10-11-6-9(17-10)13(15)16/h6,8,14H,1-5,7H2. The lowest BCUT2D eigenvalue weighted by Gasteiger charge is -2.27. The Kier molecular flexibility index (Phi) is 3.90. The third-order valence-corrected chi connectivity index (χ3v) is 3.98. The summed E-state index contributed by atoms with van der Waals surface area (Å²) in [7, 11) is 0. The molecule has 0 amide bonds. The predicted octanol–water partition coefficient (Wildman–Crippen LogP) is 1.79. The average molecular weight is 257 g/mol. The van der Waals surface area contributed by atoms with Gasteiger partial charge in [0.1, 0.15) is 6.20 Å². The minimum Gasteiger partial charge on any atom is -0.394 e. The zero-order chi connectivity index (χ0) is 12.3. The molecule has 17 heavy (non-hydrogen) atoms. The molecular weight excluding hydrogens is 242 g/mol. The van der Waals surface area contributed by atoms with Gasteiger partial charge in [0.25, 0.3) is 0 Å². The third-order valence-electron chi connectivity index (χ3n) is 2.99. The van der Waals surface area contributed by atoms with Crippen LogP contribution in [0.1, 0.15) is 25.7 Å². The molecule has 2 rings (SSSR count). The summed E-state index contributed by atoms with van der Waals surface area (Å²) in [5.74, 6) is 0. The Bertz CT molecular complexity index is 396. The van der Waals surface area contributed by atoms with E-state index in [2.05, 4.69) is 4.98 Å². The molecule has 1 fully saturated rings. The van der Waals surface area contributed by atoms with Crippen LogP contribution in [0.5, 0.6) is 0 Å². The zero-order valence-corrected chi connectivity index (χ0v) is 10.2. The van der Waals surface area contributed by atoms with Crippen molar-refractivity contribution in [2.45, 2.75) is 31.7 Å². The van der Waals surface area contributed by atoms with Crippen molar-refractivity contribution < 1.29 is 10.0 Å². The minimum atomic E-state index is -0.424. The van der Waals surface area contributed by atoms with Crippen LogP contribution in [0.25, 0.3) is 0 Å². The Morgan fingerprint density at radius 1 is 1.59 bits per heavy atom. The van der Waals surface area contributed by atoms with Crippen LogP contribution in [0.2, 0.25) is 0 Å². The summed E-state index contributed by atoms with van der Waals surface area (Å²) in [5, 5.41) is 20.7. The average Bonchev–Trinajstić information content (AvgIpc) is 2.68. The highest BCUT2D eigenvalue weighted by Crippen LogP contribution is 2.31. The second-order valence-electron chi connectivity index (χ2n) is 4.12. The SMILES string of the molecule is O=[N+]([O-])c1cnc(N2CCCCCC2CO)s1. The molecule has 0 aromatic carbocycles. The van der Waals surface area contributed by atoms with Gasteiger partial charge in [0.05, 0.1) is 17.6 Å². The van der Waals surface area contributed by atoms with Gasteiger partial charge in [-0.2, -0.15) is 0 Å². The fraction of sp³-hybridized carbons (Fsp3) is 0.700. The van der Waals surface area contributed by atoms with Crippen molar-refractivity contribution >= 4 is 21.5 Å². The largest absolute Gasteiger partial charge is 0.394 e. The maximum atomic E-state index is 10.6. The molecule has 1 aliphatic rings. The topological polar surface area (TPSA) is 79.5 Å². The molecule has 6 nitrogen and oxygen atoms in total. The molecule has 1 atom stereocenters. The molecule has 1 aromatic heterocycles. The van der Waals surface area contributed by atoms with Crippen molar-refractivity contribution in [2.75, 3.05) is 18.1 Å². The van der Waals surface area contributed by atoms with Crippen molar-refractivity contribution in [1.29, 1.82) is 0 Å². The number of rotatable bonds is 3. The summed E-state index contributed by atoms with van der Waals surface area (Å²) in [6.45, 7) is 0.892. The molecule has 94 valence electrons. The summed E-state index contributed by atoms with van der Waals surface area (Å²) in [5.41, 5.74) is 0. The normalized spacial score (nSPS) is 21.2. The summed E-state index contributed by atoms with van der Waals surface area (Å²) in [6, 6.07) is 0.0447. The fourth-order valence-corrected chi connectivity index (χ4v) is 2.92. The number of anilines is 1. The van der Waals surface area contributed by atoms with Gasteiger partial charge in [0, 0.05) is 6.54 Å². The number of thiazole rings is 1. The highest BCUT2D eigenvalue weighted by molar-refractivity contribution is 7.18. The van der Waals surface area contributed by atoms with Gasteiger partial charge < -0.3 is 10.0 Å². The summed E-state index contributed by atoms with van der Waals surface area (Å²) >= 11 is 1.08. The Labute approximate surface area is 103 Å². The van der Waals surface area contributed by atoms with E-state index in [0.717, 1.165) is 43.6 Å². The van der Waals surface area contributed by atoms with E-state index in [-0.39, 0.29) is 17.6 Å². The Balaban J connectivity index is 2.19. The summed E-state index contributed by atoms with van der Waals surface area (Å²) < 4.78 is 0. The van der Waals surface area contributed by atoms with Crippen molar-refractivity contribution in [3.63, 3.8) is 0 Å². The van der Waals surface area contributed by atoms with Crippen LogP contribution in [0.15, 0.2) is 6.20 Å². The molecule has 0 bridgehead atoms. The molecule has 0 radical (unpaired) electrons. The van der Waals surface area contributed by atoms with E-state index in [1.54, 1.807) is 0 Å². The van der Waals surface area contributed by atoms with Crippen molar-refractivity contribution in [1.82, 2.24) is 4.98 Å². The molecule has 0 saturated carbocycles. The second-order valence-corrected chi connectivity index (χ2v) is 5.10. The Morgan fingerprint density at radius 3 is 3.06 bits per heavy atom. The van der Waals surface area contributed by atoms with Crippen molar-refractivity contribution in [3.8, 4) is 0 Å². The number of nitro groups is 1. The quantitative estimate of drug-likeness (QED) is 0.659. The molecule has 0 spiro atoms. The number of hydrogen-bond acceptors (Lipinski definition) is 6. The third kappa shape index (κ3) is 2.73. The number of aliphatic hydroxyl groups is 1. The monoisotopic (exact) mass is 257 g/mol. The summed E-state index contributed by atoms with van der Waals surface area (Å²) in [4.78, 5) is 16.3. The highest BCUT2D eigenvalue weighted by Gasteiger charge is 2.24. The molecule has 2 heterocycles. The van der Waals surface area contributed by atoms with Gasteiger partial charge in [-0.1, -0.05) is 12.8 Å². The molecular formula is C10H15N3O3S. The smallest absolute Gasteiger partial charge is 0.345 e. The van der Waals surface area contributed by atoms with E-state index in [1.807, 2.05) is 4.90 Å². The lowest BCUT2D eigenvalue weighted by atomic mass is 10.1. The number of nitrogens with zero attached hydrogens (tertiary/aromatic N) is 3. The van der Waals surface area contributed by atoms with Crippen LogP contribution < -0.4 is 4.90 Å². The Hall–Kier alpha value is -1.21. The van der Waals surface area contributed by atoms with Gasteiger partial charge in [-0.3, -0.25) is 10.1 Å². The van der Waals surface area contributed by atoms with Crippen LogP contribution in [0, 0.1) is 10.1 Å². The number of aromatic nitrogens is 1. The highest BCUT2D eigenvalue weighted by atomic mass is 32.1. The lowest BCUT2D eigenvalue weighted by Crippen LogP contribution is -2.37. The number of aliphatic hydroxyl groups excluding tert-OH is 1. The first-order valence-electron chi connectivity index (χ1n) is 5.70. The van der Waals surface area contributed by atoms with E-state index in [0.29, 0.717) is 5.13 Å². The van der Waals surface area contributed by atoms with Gasteiger partial charge >= 0.3 is 5.00 Å². The zero-order valence-electron chi connectivity index (χ0n) is 9.41. The van der Waals surface area contributed by atoms with Gasteiger partial charge in [0.2, 0.25) is 0 Å². The van der Waals surface area contributed by atoms with E-state index in [4.69, 9.17) is 0 Å². The number of hydrogen-bond donors (Lipinski definition) is 1. The molecule has 7 heteroatoms. The molecule has 1 aliphatic heterocycles. The maximum Gasteiger partial charge on any atom is 0.345 e. The van der Waals surface area contributed by atoms with Crippen LogP contribution in [0.3, 0.4) is 0 Å². The van der Waals surface area contributed by atoms with Crippen molar-refractivity contribution in [2.24, 2.45) is 0 Å². The first-order valence-corrected chi connectivity index (χ1v) is 6.51. The van der Waals surface area contributed by atoms with Gasteiger partial charge in [-0.05, 0) is 24.2 Å². The molecule has 1 aromatic rings. The maximum absolute atomic E-state index is 10.6. The van der Waals surface area contributed by atoms with E-state index in [9.17, 15) is 15.2 Å². The second kappa shape index (κ2) is 5.42. The van der Waals surface area contributed by atoms with Gasteiger partial charge in [-0.25, -0.2) is 4.98 Å². The van der Waals surface area contributed by atoms with Gasteiger partial charge in [0.15, 0.2) is 5.13 Å². The first kappa shape index (κ1) is 12.3. The van der Waals surface area contributed by atoms with Crippen LogP contribution in [-0.4, -0.2) is 34.2 Å². The first-order chi connectivity index (χ1) is 8.22. The molecule has 1 N–H and O–H groups in total. The molecule has 1 saturated heterocycles. The Morgan fingerprint density at radius 2 is 2.41 bits per heavy atom.